The molecule has 1 N–H and O–H groups in total. The van der Waals surface area contributed by atoms with Gasteiger partial charge in [0.1, 0.15) is 18.0 Å². The first kappa shape index (κ1) is 9.76. The lowest BCUT2D eigenvalue weighted by Gasteiger charge is -2.21. The Morgan fingerprint density at radius 1 is 1.60 bits per heavy atom. The molecule has 0 amide bonds. The number of carbonyl (C=O) groups excluding carboxylic acids is 1. The number of hydrogen-bond acceptors (Lipinski definition) is 4. The average molecular weight is 211 g/mol. The Kier molecular flexibility index (Phi) is 2.45. The van der Waals surface area contributed by atoms with Gasteiger partial charge >= 0.3 is 5.97 Å². The number of rotatable bonds is 1. The van der Waals surface area contributed by atoms with Gasteiger partial charge in [-0.1, -0.05) is 0 Å². The van der Waals surface area contributed by atoms with Gasteiger partial charge in [-0.25, -0.2) is 9.18 Å². The van der Waals surface area contributed by atoms with Crippen LogP contribution in [0.15, 0.2) is 12.1 Å². The van der Waals surface area contributed by atoms with Crippen LogP contribution < -0.4 is 10.1 Å². The molecule has 0 aliphatic carbocycles. The van der Waals surface area contributed by atoms with Crippen LogP contribution in [0.5, 0.6) is 5.75 Å². The first-order valence-electron chi connectivity index (χ1n) is 4.51. The van der Waals surface area contributed by atoms with Crippen LogP contribution in [0.1, 0.15) is 10.4 Å². The number of carbonyl (C=O) groups is 1. The van der Waals surface area contributed by atoms with Crippen molar-refractivity contribution in [3.63, 3.8) is 0 Å². The Hall–Kier alpha value is -1.78. The molecular formula is C10H10FNO3. The molecule has 4 nitrogen and oxygen atoms in total. The third kappa shape index (κ3) is 1.60. The van der Waals surface area contributed by atoms with Crippen molar-refractivity contribution in [2.75, 3.05) is 25.6 Å². The Balaban J connectivity index is 2.55. The molecule has 0 fully saturated rings. The maximum atomic E-state index is 13.4. The molecule has 0 aromatic heterocycles. The lowest BCUT2D eigenvalue weighted by molar-refractivity contribution is 0.0590. The summed E-state index contributed by atoms with van der Waals surface area (Å²) < 4.78 is 23.2. The van der Waals surface area contributed by atoms with Gasteiger partial charge in [0.25, 0.3) is 0 Å². The number of fused-ring (bicyclic) bond motifs is 1. The molecule has 1 aliphatic rings. The molecule has 5 heteroatoms. The van der Waals surface area contributed by atoms with E-state index in [0.717, 1.165) is 0 Å². The van der Waals surface area contributed by atoms with Crippen molar-refractivity contribution in [3.8, 4) is 5.75 Å². The molecule has 2 rings (SSSR count). The number of hydrogen-bond donors (Lipinski definition) is 1. The fourth-order valence-electron chi connectivity index (χ4n) is 1.48. The first-order chi connectivity index (χ1) is 7.24. The van der Waals surface area contributed by atoms with Crippen molar-refractivity contribution in [1.82, 2.24) is 0 Å². The summed E-state index contributed by atoms with van der Waals surface area (Å²) in [5.74, 6) is -1.13. The number of anilines is 1. The fraction of sp³-hybridized carbons (Fsp3) is 0.300. The zero-order valence-electron chi connectivity index (χ0n) is 8.17. The minimum absolute atomic E-state index is 0.151. The van der Waals surface area contributed by atoms with E-state index < -0.39 is 11.8 Å². The molecule has 0 spiro atoms. The van der Waals surface area contributed by atoms with E-state index in [2.05, 4.69) is 10.1 Å². The van der Waals surface area contributed by atoms with Gasteiger partial charge < -0.3 is 14.8 Å². The van der Waals surface area contributed by atoms with Crippen molar-refractivity contribution in [2.24, 2.45) is 0 Å². The molecule has 0 radical (unpaired) electrons. The minimum atomic E-state index is -0.729. The average Bonchev–Trinajstić information content (AvgIpc) is 2.28. The Morgan fingerprint density at radius 2 is 2.40 bits per heavy atom. The zero-order chi connectivity index (χ0) is 10.8. The molecule has 0 unspecified atom stereocenters. The Morgan fingerprint density at radius 3 is 3.13 bits per heavy atom. The summed E-state index contributed by atoms with van der Waals surface area (Å²) in [4.78, 5) is 11.3. The molecule has 1 aliphatic heterocycles. The third-order valence-corrected chi connectivity index (χ3v) is 2.16. The van der Waals surface area contributed by atoms with Gasteiger partial charge in [0.2, 0.25) is 0 Å². The third-order valence-electron chi connectivity index (χ3n) is 2.16. The Bertz CT molecular complexity index is 406. The highest BCUT2D eigenvalue weighted by Gasteiger charge is 2.23. The van der Waals surface area contributed by atoms with Crippen molar-refractivity contribution < 1.29 is 18.7 Å². The van der Waals surface area contributed by atoms with Crippen LogP contribution >= 0.6 is 0 Å². The van der Waals surface area contributed by atoms with Crippen LogP contribution in [0.2, 0.25) is 0 Å². The summed E-state index contributed by atoms with van der Waals surface area (Å²) in [5.41, 5.74) is 0.463. The van der Waals surface area contributed by atoms with Crippen molar-refractivity contribution in [1.29, 1.82) is 0 Å². The molecule has 0 bridgehead atoms. The molecule has 0 atom stereocenters. The first-order valence-corrected chi connectivity index (χ1v) is 4.51. The summed E-state index contributed by atoms with van der Waals surface area (Å²) in [6.45, 7) is 1.04. The number of nitrogens with one attached hydrogen (secondary N) is 1. The summed E-state index contributed by atoms with van der Waals surface area (Å²) in [6.07, 6.45) is 0. The number of benzene rings is 1. The normalized spacial score (nSPS) is 13.5. The van der Waals surface area contributed by atoms with E-state index >= 15 is 0 Å². The van der Waals surface area contributed by atoms with Crippen LogP contribution in [0.25, 0.3) is 0 Å². The van der Waals surface area contributed by atoms with Gasteiger partial charge in [0, 0.05) is 6.54 Å². The van der Waals surface area contributed by atoms with E-state index in [1.807, 2.05) is 0 Å². The standard InChI is InChI=1S/C10H10FNO3/c1-14-10(13)8-6(11)2-3-7-9(8)15-5-4-12-7/h2-3,12H,4-5H2,1H3. The van der Waals surface area contributed by atoms with Crippen molar-refractivity contribution in [3.05, 3.63) is 23.5 Å². The topological polar surface area (TPSA) is 47.6 Å². The van der Waals surface area contributed by atoms with Gasteiger partial charge in [-0.3, -0.25) is 0 Å². The van der Waals surface area contributed by atoms with E-state index in [1.54, 1.807) is 0 Å². The second kappa shape index (κ2) is 3.76. The van der Waals surface area contributed by atoms with E-state index in [1.165, 1.54) is 19.2 Å². The number of methoxy groups -OCH3 is 1. The number of esters is 1. The predicted molar refractivity (Wildman–Crippen MR) is 51.7 cm³/mol. The smallest absolute Gasteiger partial charge is 0.344 e. The molecule has 15 heavy (non-hydrogen) atoms. The van der Waals surface area contributed by atoms with Gasteiger partial charge in [0.05, 0.1) is 12.8 Å². The van der Waals surface area contributed by atoms with E-state index in [0.29, 0.717) is 18.8 Å². The summed E-state index contributed by atoms with van der Waals surface area (Å²) >= 11 is 0. The summed E-state index contributed by atoms with van der Waals surface area (Å²) in [7, 11) is 1.21. The molecule has 1 aromatic rings. The SMILES string of the molecule is COC(=O)c1c(F)ccc2c1OCCN2. The van der Waals surface area contributed by atoms with E-state index in [-0.39, 0.29) is 11.3 Å². The maximum Gasteiger partial charge on any atom is 0.344 e. The number of halogens is 1. The molecule has 1 aromatic carbocycles. The van der Waals surface area contributed by atoms with Gasteiger partial charge in [-0.15, -0.1) is 0 Å². The molecular weight excluding hydrogens is 201 g/mol. The van der Waals surface area contributed by atoms with Gasteiger partial charge in [-0.2, -0.15) is 0 Å². The van der Waals surface area contributed by atoms with Crippen LogP contribution in [-0.4, -0.2) is 26.2 Å². The maximum absolute atomic E-state index is 13.4. The van der Waals surface area contributed by atoms with E-state index in [9.17, 15) is 9.18 Å². The lowest BCUT2D eigenvalue weighted by atomic mass is 10.1. The molecule has 0 saturated heterocycles. The summed E-state index contributed by atoms with van der Waals surface area (Å²) in [6, 6.07) is 2.75. The number of ether oxygens (including phenoxy) is 2. The lowest BCUT2D eigenvalue weighted by Crippen LogP contribution is -2.21. The van der Waals surface area contributed by atoms with Gasteiger partial charge in [-0.05, 0) is 12.1 Å². The van der Waals surface area contributed by atoms with E-state index in [4.69, 9.17) is 4.74 Å². The second-order valence-corrected chi connectivity index (χ2v) is 3.07. The quantitative estimate of drug-likeness (QED) is 0.713. The minimum Gasteiger partial charge on any atom is -0.489 e. The molecule has 0 saturated carbocycles. The second-order valence-electron chi connectivity index (χ2n) is 3.07. The highest BCUT2D eigenvalue weighted by molar-refractivity contribution is 5.95. The largest absolute Gasteiger partial charge is 0.489 e. The zero-order valence-corrected chi connectivity index (χ0v) is 8.17. The summed E-state index contributed by atoms with van der Waals surface area (Å²) in [5, 5.41) is 3.01. The van der Waals surface area contributed by atoms with Gasteiger partial charge in [0.15, 0.2) is 5.75 Å². The van der Waals surface area contributed by atoms with Crippen LogP contribution in [0, 0.1) is 5.82 Å². The predicted octanol–water partition coefficient (Wildman–Crippen LogP) is 1.42. The molecule has 80 valence electrons. The van der Waals surface area contributed by atoms with Crippen LogP contribution in [0.3, 0.4) is 0 Å². The van der Waals surface area contributed by atoms with Crippen LogP contribution in [0.4, 0.5) is 10.1 Å². The van der Waals surface area contributed by atoms with Crippen LogP contribution in [-0.2, 0) is 4.74 Å². The highest BCUT2D eigenvalue weighted by atomic mass is 19.1. The highest BCUT2D eigenvalue weighted by Crippen LogP contribution is 2.33. The van der Waals surface area contributed by atoms with Crippen molar-refractivity contribution >= 4 is 11.7 Å². The monoisotopic (exact) mass is 211 g/mol. The van der Waals surface area contributed by atoms with Crippen molar-refractivity contribution in [2.45, 2.75) is 0 Å². The molecule has 1 heterocycles. The fourth-order valence-corrected chi connectivity index (χ4v) is 1.48. The Labute approximate surface area is 86.0 Å².